The number of carbonyl (C=O) groups excluding carboxylic acids is 1. The lowest BCUT2D eigenvalue weighted by molar-refractivity contribution is 0.0943. The van der Waals surface area contributed by atoms with Gasteiger partial charge in [-0.15, -0.1) is 0 Å². The van der Waals surface area contributed by atoms with Gasteiger partial charge >= 0.3 is 0 Å². The van der Waals surface area contributed by atoms with E-state index in [-0.39, 0.29) is 11.9 Å². The summed E-state index contributed by atoms with van der Waals surface area (Å²) >= 11 is 5.98. The van der Waals surface area contributed by atoms with Crippen LogP contribution in [0.5, 0.6) is 0 Å². The molecule has 4 heteroatoms. The summed E-state index contributed by atoms with van der Waals surface area (Å²) in [6.07, 6.45) is 3.47. The summed E-state index contributed by atoms with van der Waals surface area (Å²) in [6, 6.07) is 18.5. The van der Waals surface area contributed by atoms with Crippen LogP contribution >= 0.6 is 11.6 Å². The lowest BCUT2D eigenvalue weighted by atomic mass is 9.99. The fourth-order valence-electron chi connectivity index (χ4n) is 2.56. The van der Waals surface area contributed by atoms with Crippen LogP contribution in [0, 0.1) is 6.92 Å². The third kappa shape index (κ3) is 3.81. The Morgan fingerprint density at radius 1 is 1.04 bits per heavy atom. The van der Waals surface area contributed by atoms with Crippen molar-refractivity contribution in [3.05, 3.63) is 100 Å². The Balaban J connectivity index is 1.93. The fraction of sp³-hybridized carbons (Fsp3) is 0.100. The van der Waals surface area contributed by atoms with E-state index < -0.39 is 0 Å². The highest BCUT2D eigenvalue weighted by Crippen LogP contribution is 2.23. The first kappa shape index (κ1) is 16.2. The first-order chi connectivity index (χ1) is 11.6. The molecular formula is C20H17ClN2O. The van der Waals surface area contributed by atoms with Gasteiger partial charge < -0.3 is 5.32 Å². The van der Waals surface area contributed by atoms with Crippen molar-refractivity contribution in [3.63, 3.8) is 0 Å². The molecule has 0 spiro atoms. The molecule has 1 heterocycles. The molecule has 3 aromatic rings. The molecule has 3 nitrogen and oxygen atoms in total. The van der Waals surface area contributed by atoms with Crippen LogP contribution in [0.15, 0.2) is 73.1 Å². The van der Waals surface area contributed by atoms with Crippen molar-refractivity contribution in [1.82, 2.24) is 10.3 Å². The molecule has 0 saturated carbocycles. The summed E-state index contributed by atoms with van der Waals surface area (Å²) in [5.74, 6) is -0.123. The lowest BCUT2D eigenvalue weighted by Crippen LogP contribution is -2.29. The molecule has 120 valence electrons. The average Bonchev–Trinajstić information content (AvgIpc) is 2.61. The molecule has 0 fully saturated rings. The number of hydrogen-bond donors (Lipinski definition) is 1. The molecule has 0 unspecified atom stereocenters. The molecule has 0 aliphatic heterocycles. The number of aromatic nitrogens is 1. The van der Waals surface area contributed by atoms with E-state index in [2.05, 4.69) is 10.3 Å². The maximum Gasteiger partial charge on any atom is 0.252 e. The standard InChI is InChI=1S/C20H17ClN2O/c1-14-4-2-5-16(12-14)20(24)23-19(17-6-3-11-22-13-17)15-7-9-18(21)10-8-15/h2-13,19H,1H3,(H,23,24)/t19-/m0/s1. The average molecular weight is 337 g/mol. The lowest BCUT2D eigenvalue weighted by Gasteiger charge is -2.20. The van der Waals surface area contributed by atoms with Gasteiger partial charge in [-0.05, 0) is 48.4 Å². The second kappa shape index (κ2) is 7.28. The van der Waals surface area contributed by atoms with E-state index in [9.17, 15) is 4.79 Å². The molecule has 1 N–H and O–H groups in total. The van der Waals surface area contributed by atoms with Gasteiger partial charge in [0.05, 0.1) is 6.04 Å². The molecule has 2 aromatic carbocycles. The number of pyridine rings is 1. The van der Waals surface area contributed by atoms with E-state index in [1.165, 1.54) is 0 Å². The number of benzene rings is 2. The van der Waals surface area contributed by atoms with Crippen LogP contribution in [0.25, 0.3) is 0 Å². The van der Waals surface area contributed by atoms with Crippen LogP contribution in [0.2, 0.25) is 5.02 Å². The Bertz CT molecular complexity index is 832. The van der Waals surface area contributed by atoms with Crippen molar-refractivity contribution in [2.24, 2.45) is 0 Å². The van der Waals surface area contributed by atoms with Gasteiger partial charge in [-0.3, -0.25) is 9.78 Å². The van der Waals surface area contributed by atoms with E-state index in [1.807, 2.05) is 67.6 Å². The first-order valence-electron chi connectivity index (χ1n) is 7.66. The number of amides is 1. The number of nitrogens with zero attached hydrogens (tertiary/aromatic N) is 1. The van der Waals surface area contributed by atoms with Gasteiger partial charge in [0, 0.05) is 23.0 Å². The molecule has 24 heavy (non-hydrogen) atoms. The first-order valence-corrected chi connectivity index (χ1v) is 8.04. The quantitative estimate of drug-likeness (QED) is 0.758. The highest BCUT2D eigenvalue weighted by molar-refractivity contribution is 6.30. The number of rotatable bonds is 4. The smallest absolute Gasteiger partial charge is 0.252 e. The number of aryl methyl sites for hydroxylation is 1. The largest absolute Gasteiger partial charge is 0.341 e. The van der Waals surface area contributed by atoms with E-state index in [1.54, 1.807) is 12.4 Å². The zero-order chi connectivity index (χ0) is 16.9. The normalized spacial score (nSPS) is 11.8. The zero-order valence-electron chi connectivity index (χ0n) is 13.2. The van der Waals surface area contributed by atoms with E-state index >= 15 is 0 Å². The Morgan fingerprint density at radius 3 is 2.50 bits per heavy atom. The third-order valence-electron chi connectivity index (χ3n) is 3.78. The minimum atomic E-state index is -0.288. The van der Waals surface area contributed by atoms with Crippen molar-refractivity contribution < 1.29 is 4.79 Å². The molecular weight excluding hydrogens is 320 g/mol. The minimum absolute atomic E-state index is 0.123. The van der Waals surface area contributed by atoms with Crippen LogP contribution in [-0.4, -0.2) is 10.9 Å². The number of nitrogens with one attached hydrogen (secondary N) is 1. The summed E-state index contributed by atoms with van der Waals surface area (Å²) in [4.78, 5) is 16.8. The number of hydrogen-bond acceptors (Lipinski definition) is 2. The number of halogens is 1. The highest BCUT2D eigenvalue weighted by Gasteiger charge is 2.18. The topological polar surface area (TPSA) is 42.0 Å². The van der Waals surface area contributed by atoms with Crippen molar-refractivity contribution in [2.75, 3.05) is 0 Å². The maximum absolute atomic E-state index is 12.7. The Hall–Kier alpha value is -2.65. The monoisotopic (exact) mass is 336 g/mol. The molecule has 3 rings (SSSR count). The van der Waals surface area contributed by atoms with Crippen molar-refractivity contribution in [3.8, 4) is 0 Å². The molecule has 1 aromatic heterocycles. The fourth-order valence-corrected chi connectivity index (χ4v) is 2.69. The van der Waals surface area contributed by atoms with E-state index in [0.717, 1.165) is 16.7 Å². The molecule has 1 atom stereocenters. The minimum Gasteiger partial charge on any atom is -0.341 e. The molecule has 0 aliphatic carbocycles. The summed E-state index contributed by atoms with van der Waals surface area (Å²) in [6.45, 7) is 1.97. The predicted octanol–water partition coefficient (Wildman–Crippen LogP) is 4.56. The predicted molar refractivity (Wildman–Crippen MR) is 96.2 cm³/mol. The van der Waals surface area contributed by atoms with Gasteiger partial charge in [0.15, 0.2) is 0 Å². The van der Waals surface area contributed by atoms with Gasteiger partial charge in [0.2, 0.25) is 0 Å². The summed E-state index contributed by atoms with van der Waals surface area (Å²) < 4.78 is 0. The van der Waals surface area contributed by atoms with E-state index in [0.29, 0.717) is 10.6 Å². The summed E-state index contributed by atoms with van der Waals surface area (Å²) in [7, 11) is 0. The van der Waals surface area contributed by atoms with Gasteiger partial charge in [-0.1, -0.05) is 47.5 Å². The molecule has 0 saturated heterocycles. The van der Waals surface area contributed by atoms with Crippen LogP contribution in [0.4, 0.5) is 0 Å². The van der Waals surface area contributed by atoms with E-state index in [4.69, 9.17) is 11.6 Å². The van der Waals surface area contributed by atoms with Crippen molar-refractivity contribution >= 4 is 17.5 Å². The second-order valence-corrected chi connectivity index (χ2v) is 6.05. The summed E-state index contributed by atoms with van der Waals surface area (Å²) in [5.41, 5.74) is 3.55. The Labute approximate surface area is 146 Å². The molecule has 0 aliphatic rings. The Morgan fingerprint density at radius 2 is 1.83 bits per heavy atom. The van der Waals surface area contributed by atoms with Crippen molar-refractivity contribution in [2.45, 2.75) is 13.0 Å². The van der Waals surface area contributed by atoms with Crippen LogP contribution in [-0.2, 0) is 0 Å². The molecule has 0 radical (unpaired) electrons. The third-order valence-corrected chi connectivity index (χ3v) is 4.03. The van der Waals surface area contributed by atoms with Crippen LogP contribution in [0.3, 0.4) is 0 Å². The van der Waals surface area contributed by atoms with Gasteiger partial charge in [0.25, 0.3) is 5.91 Å². The SMILES string of the molecule is Cc1cccc(C(=O)N[C@@H](c2ccc(Cl)cc2)c2cccnc2)c1. The highest BCUT2D eigenvalue weighted by atomic mass is 35.5. The van der Waals surface area contributed by atoms with Crippen LogP contribution in [0.1, 0.15) is 33.1 Å². The van der Waals surface area contributed by atoms with Crippen LogP contribution < -0.4 is 5.32 Å². The van der Waals surface area contributed by atoms with Gasteiger partial charge in [-0.25, -0.2) is 0 Å². The van der Waals surface area contributed by atoms with Crippen molar-refractivity contribution in [1.29, 1.82) is 0 Å². The molecule has 1 amide bonds. The maximum atomic E-state index is 12.7. The number of carbonyl (C=O) groups is 1. The Kier molecular flexibility index (Phi) is 4.92. The van der Waals surface area contributed by atoms with Gasteiger partial charge in [0.1, 0.15) is 0 Å². The van der Waals surface area contributed by atoms with Gasteiger partial charge in [-0.2, -0.15) is 0 Å². The zero-order valence-corrected chi connectivity index (χ0v) is 14.0. The molecule has 0 bridgehead atoms. The summed E-state index contributed by atoms with van der Waals surface area (Å²) in [5, 5.41) is 3.75. The second-order valence-electron chi connectivity index (χ2n) is 5.61.